The Balaban J connectivity index is 0. The van der Waals surface area contributed by atoms with Gasteiger partial charge in [-0.25, -0.2) is 4.79 Å². The number of nitrogens with two attached hydrogens (primary N) is 1. The Morgan fingerprint density at radius 3 is 1.79 bits per heavy atom. The number of rotatable bonds is 4. The molecule has 0 fully saturated rings. The van der Waals surface area contributed by atoms with E-state index in [0.717, 1.165) is 0 Å². The van der Waals surface area contributed by atoms with Crippen molar-refractivity contribution in [2.24, 2.45) is 11.7 Å². The molecule has 0 bridgehead atoms. The molecule has 0 aliphatic rings. The van der Waals surface area contributed by atoms with Crippen molar-refractivity contribution in [2.75, 3.05) is 6.54 Å². The molecule has 0 unspecified atom stereocenters. The molecule has 0 aromatic heterocycles. The summed E-state index contributed by atoms with van der Waals surface area (Å²) in [5.74, 6) is -4.24. The molecule has 0 spiro atoms. The molecular formula is C9H15F3N2O5. The number of hydrogen-bond donors (Lipinski definition) is 4. The highest BCUT2D eigenvalue weighted by Crippen LogP contribution is 2.13. The Morgan fingerprint density at radius 2 is 1.58 bits per heavy atom. The third-order valence-corrected chi connectivity index (χ3v) is 1.68. The van der Waals surface area contributed by atoms with Crippen LogP contribution >= 0.6 is 0 Å². The minimum Gasteiger partial charge on any atom is -0.480 e. The Hall–Kier alpha value is -1.84. The van der Waals surface area contributed by atoms with E-state index in [4.69, 9.17) is 20.7 Å². The lowest BCUT2D eigenvalue weighted by Gasteiger charge is -2.13. The van der Waals surface area contributed by atoms with E-state index in [1.807, 2.05) is 0 Å². The largest absolute Gasteiger partial charge is 0.490 e. The summed E-state index contributed by atoms with van der Waals surface area (Å²) in [6.45, 7) is 3.22. The van der Waals surface area contributed by atoms with Crippen LogP contribution in [0, 0.1) is 5.92 Å². The van der Waals surface area contributed by atoms with Crippen LogP contribution in [0.4, 0.5) is 13.2 Å². The molecule has 0 rings (SSSR count). The van der Waals surface area contributed by atoms with Gasteiger partial charge in [-0.3, -0.25) is 9.59 Å². The molecule has 0 aromatic rings. The van der Waals surface area contributed by atoms with Crippen molar-refractivity contribution < 1.29 is 37.8 Å². The number of hydrogen-bond acceptors (Lipinski definition) is 4. The summed E-state index contributed by atoms with van der Waals surface area (Å²) < 4.78 is 31.7. The molecule has 0 aliphatic heterocycles. The summed E-state index contributed by atoms with van der Waals surface area (Å²) in [5, 5.41) is 17.6. The zero-order valence-electron chi connectivity index (χ0n) is 10.2. The molecule has 10 heteroatoms. The second-order valence-corrected chi connectivity index (χ2v) is 3.68. The fourth-order valence-corrected chi connectivity index (χ4v) is 0.583. The molecule has 112 valence electrons. The van der Waals surface area contributed by atoms with Crippen molar-refractivity contribution in [2.45, 2.75) is 26.1 Å². The highest BCUT2D eigenvalue weighted by Gasteiger charge is 2.38. The first-order chi connectivity index (χ1) is 8.39. The normalized spacial score (nSPS) is 12.2. The van der Waals surface area contributed by atoms with Crippen molar-refractivity contribution in [3.05, 3.63) is 0 Å². The zero-order valence-corrected chi connectivity index (χ0v) is 10.2. The number of amides is 1. The van der Waals surface area contributed by atoms with Gasteiger partial charge < -0.3 is 21.3 Å². The maximum absolute atomic E-state index is 11.0. The van der Waals surface area contributed by atoms with Crippen LogP contribution in [0.3, 0.4) is 0 Å². The Morgan fingerprint density at radius 1 is 1.21 bits per heavy atom. The molecule has 1 amide bonds. The second-order valence-electron chi connectivity index (χ2n) is 3.68. The molecule has 0 radical (unpaired) electrons. The summed E-state index contributed by atoms with van der Waals surface area (Å²) in [6.07, 6.45) is -5.08. The molecule has 19 heavy (non-hydrogen) atoms. The van der Waals surface area contributed by atoms with E-state index in [0.29, 0.717) is 0 Å². The van der Waals surface area contributed by atoms with E-state index in [1.54, 1.807) is 13.8 Å². The van der Waals surface area contributed by atoms with Gasteiger partial charge in [-0.1, -0.05) is 13.8 Å². The number of carboxylic acids is 2. The standard InChI is InChI=1S/C7H14N2O3.C2HF3O2/c1-4(2)6(8)7(12)9-3-5(10)11;3-2(4,5)1(6)7/h4,6H,3,8H2,1-2H3,(H,9,12)(H,10,11);(H,6,7)/t6-;/m0./s1. The predicted octanol–water partition coefficient (Wildman–Crippen LogP) is -0.196. The van der Waals surface area contributed by atoms with Crippen molar-refractivity contribution in [3.63, 3.8) is 0 Å². The molecule has 7 nitrogen and oxygen atoms in total. The van der Waals surface area contributed by atoms with E-state index in [-0.39, 0.29) is 12.5 Å². The molecule has 1 atom stereocenters. The van der Waals surface area contributed by atoms with Gasteiger partial charge in [-0.15, -0.1) is 0 Å². The third kappa shape index (κ3) is 11.0. The SMILES string of the molecule is CC(C)[C@H](N)C(=O)NCC(=O)O.O=C(O)C(F)(F)F. The smallest absolute Gasteiger partial charge is 0.480 e. The topological polar surface area (TPSA) is 130 Å². The quantitative estimate of drug-likeness (QED) is 0.567. The number of halogens is 3. The lowest BCUT2D eigenvalue weighted by Crippen LogP contribution is -2.45. The van der Waals surface area contributed by atoms with Crippen LogP contribution in [0.2, 0.25) is 0 Å². The van der Waals surface area contributed by atoms with Crippen LogP contribution in [0.1, 0.15) is 13.8 Å². The fourth-order valence-electron chi connectivity index (χ4n) is 0.583. The average molecular weight is 288 g/mol. The molecule has 0 saturated heterocycles. The Labute approximate surface area is 106 Å². The van der Waals surface area contributed by atoms with Crippen molar-refractivity contribution in [3.8, 4) is 0 Å². The van der Waals surface area contributed by atoms with Crippen LogP contribution in [-0.4, -0.2) is 46.8 Å². The summed E-state index contributed by atoms with van der Waals surface area (Å²) in [7, 11) is 0. The number of nitrogens with one attached hydrogen (secondary N) is 1. The van der Waals surface area contributed by atoms with Gasteiger partial charge in [0.2, 0.25) is 5.91 Å². The molecule has 0 heterocycles. The minimum absolute atomic E-state index is 0.0128. The summed E-state index contributed by atoms with van der Waals surface area (Å²) in [4.78, 5) is 29.9. The molecule has 0 aromatic carbocycles. The maximum Gasteiger partial charge on any atom is 0.490 e. The van der Waals surface area contributed by atoms with Crippen molar-refractivity contribution in [1.82, 2.24) is 5.32 Å². The number of aliphatic carboxylic acids is 2. The van der Waals surface area contributed by atoms with Crippen LogP contribution < -0.4 is 11.1 Å². The van der Waals surface area contributed by atoms with Gasteiger partial charge in [0.05, 0.1) is 6.04 Å². The maximum atomic E-state index is 11.0. The fraction of sp³-hybridized carbons (Fsp3) is 0.667. The van der Waals surface area contributed by atoms with Gasteiger partial charge in [-0.2, -0.15) is 13.2 Å². The lowest BCUT2D eigenvalue weighted by molar-refractivity contribution is -0.192. The number of carbonyl (C=O) groups excluding carboxylic acids is 1. The van der Waals surface area contributed by atoms with Gasteiger partial charge in [0.15, 0.2) is 0 Å². The van der Waals surface area contributed by atoms with E-state index in [9.17, 15) is 22.8 Å². The van der Waals surface area contributed by atoms with Gasteiger partial charge in [0, 0.05) is 0 Å². The average Bonchev–Trinajstić information content (AvgIpc) is 2.24. The summed E-state index contributed by atoms with van der Waals surface area (Å²) in [5.41, 5.74) is 5.44. The van der Waals surface area contributed by atoms with E-state index in [1.165, 1.54) is 0 Å². The van der Waals surface area contributed by atoms with Gasteiger partial charge in [0.25, 0.3) is 0 Å². The first kappa shape index (κ1) is 19.5. The van der Waals surface area contributed by atoms with Crippen LogP contribution in [0.5, 0.6) is 0 Å². The van der Waals surface area contributed by atoms with E-state index in [2.05, 4.69) is 5.32 Å². The Kier molecular flexibility index (Phi) is 8.51. The highest BCUT2D eigenvalue weighted by molar-refractivity contribution is 5.85. The van der Waals surface area contributed by atoms with Crippen molar-refractivity contribution >= 4 is 17.8 Å². The first-order valence-electron chi connectivity index (χ1n) is 4.94. The second kappa shape index (κ2) is 8.29. The van der Waals surface area contributed by atoms with E-state index >= 15 is 0 Å². The highest BCUT2D eigenvalue weighted by atomic mass is 19.4. The van der Waals surface area contributed by atoms with Crippen molar-refractivity contribution in [1.29, 1.82) is 0 Å². The lowest BCUT2D eigenvalue weighted by atomic mass is 10.1. The minimum atomic E-state index is -5.08. The first-order valence-corrected chi connectivity index (χ1v) is 4.94. The molecule has 0 saturated carbocycles. The monoisotopic (exact) mass is 288 g/mol. The zero-order chi connectivity index (χ0) is 15.8. The van der Waals surface area contributed by atoms with Gasteiger partial charge in [0.1, 0.15) is 6.54 Å². The molecular weight excluding hydrogens is 273 g/mol. The van der Waals surface area contributed by atoms with Crippen LogP contribution in [-0.2, 0) is 14.4 Å². The third-order valence-electron chi connectivity index (χ3n) is 1.68. The number of alkyl halides is 3. The summed E-state index contributed by atoms with van der Waals surface area (Å²) >= 11 is 0. The molecule has 5 N–H and O–H groups in total. The Bertz CT molecular complexity index is 330. The van der Waals surface area contributed by atoms with Gasteiger partial charge in [-0.05, 0) is 5.92 Å². The molecule has 0 aliphatic carbocycles. The number of carboxylic acid groups (broad SMARTS) is 2. The van der Waals surface area contributed by atoms with Crippen LogP contribution in [0.25, 0.3) is 0 Å². The number of carbonyl (C=O) groups is 3. The van der Waals surface area contributed by atoms with Crippen LogP contribution in [0.15, 0.2) is 0 Å². The summed E-state index contributed by atoms with van der Waals surface area (Å²) in [6, 6.07) is -0.635. The van der Waals surface area contributed by atoms with E-state index < -0.39 is 30.1 Å². The van der Waals surface area contributed by atoms with Gasteiger partial charge >= 0.3 is 18.1 Å². The predicted molar refractivity (Wildman–Crippen MR) is 57.1 cm³/mol.